The Balaban J connectivity index is 0.00000171. The van der Waals surface area contributed by atoms with Crippen LogP contribution in [-0.4, -0.2) is 69.5 Å². The Kier molecular flexibility index (Phi) is 10.2. The van der Waals surface area contributed by atoms with E-state index in [2.05, 4.69) is 51.7 Å². The first-order valence-corrected chi connectivity index (χ1v) is 10.9. The van der Waals surface area contributed by atoms with Gasteiger partial charge in [0.1, 0.15) is 0 Å². The van der Waals surface area contributed by atoms with Gasteiger partial charge in [0.2, 0.25) is 0 Å². The Bertz CT molecular complexity index is 816. The zero-order valence-corrected chi connectivity index (χ0v) is 19.8. The highest BCUT2D eigenvalue weighted by molar-refractivity contribution is 5.92. The fraction of sp³-hybridized carbons (Fsp3) is 0.591. The largest absolute Gasteiger partial charge is 0.335 e. The van der Waals surface area contributed by atoms with Gasteiger partial charge in [-0.3, -0.25) is 14.4 Å². The second-order valence-corrected chi connectivity index (χ2v) is 8.36. The van der Waals surface area contributed by atoms with Crippen LogP contribution in [0.15, 0.2) is 30.5 Å². The molecule has 2 aliphatic rings. The maximum Gasteiger partial charge on any atom is 0.276 e. The molecule has 7 nitrogen and oxygen atoms in total. The normalized spacial score (nSPS) is 19.4. The number of rotatable bonds is 6. The molecule has 3 heterocycles. The van der Waals surface area contributed by atoms with Crippen molar-refractivity contribution in [3.8, 4) is 0 Å². The summed E-state index contributed by atoms with van der Waals surface area (Å²) in [5, 5.41) is 11.9. The van der Waals surface area contributed by atoms with Gasteiger partial charge in [-0.25, -0.2) is 0 Å². The van der Waals surface area contributed by atoms with Crippen LogP contribution in [0.2, 0.25) is 0 Å². The van der Waals surface area contributed by atoms with Gasteiger partial charge in [0.25, 0.3) is 5.91 Å². The maximum atomic E-state index is 12.8. The van der Waals surface area contributed by atoms with Crippen molar-refractivity contribution >= 4 is 30.7 Å². The minimum atomic E-state index is 0. The van der Waals surface area contributed by atoms with Crippen molar-refractivity contribution in [2.24, 2.45) is 0 Å². The third kappa shape index (κ3) is 7.17. The van der Waals surface area contributed by atoms with Crippen molar-refractivity contribution in [2.45, 2.75) is 51.7 Å². The van der Waals surface area contributed by atoms with E-state index in [0.29, 0.717) is 11.7 Å². The molecular formula is C22H34Cl2N6O. The SMILES string of the molecule is Cc1cccc(CN2CCN(C(=O)c3cn(CCC4CCCCN4)nn3)CC2)c1.Cl.Cl. The zero-order valence-electron chi connectivity index (χ0n) is 18.2. The van der Waals surface area contributed by atoms with E-state index < -0.39 is 0 Å². The number of benzene rings is 1. The number of piperidine rings is 1. The smallest absolute Gasteiger partial charge is 0.276 e. The average Bonchev–Trinajstić information content (AvgIpc) is 3.22. The number of hydrogen-bond acceptors (Lipinski definition) is 5. The number of piperazine rings is 1. The first-order chi connectivity index (χ1) is 14.2. The predicted octanol–water partition coefficient (Wildman–Crippen LogP) is 2.92. The van der Waals surface area contributed by atoms with Crippen molar-refractivity contribution in [1.29, 1.82) is 0 Å². The predicted molar refractivity (Wildman–Crippen MR) is 127 cm³/mol. The van der Waals surface area contributed by atoms with Crippen LogP contribution < -0.4 is 5.32 Å². The van der Waals surface area contributed by atoms with Gasteiger partial charge >= 0.3 is 0 Å². The second kappa shape index (κ2) is 12.4. The molecule has 2 saturated heterocycles. The quantitative estimate of drug-likeness (QED) is 0.705. The third-order valence-electron chi connectivity index (χ3n) is 6.02. The van der Waals surface area contributed by atoms with E-state index in [1.165, 1.54) is 30.4 Å². The van der Waals surface area contributed by atoms with E-state index in [1.807, 2.05) is 15.8 Å². The number of amides is 1. The molecule has 0 radical (unpaired) electrons. The molecule has 1 amide bonds. The molecule has 1 aromatic carbocycles. The Hall–Kier alpha value is -1.67. The van der Waals surface area contributed by atoms with Crippen LogP contribution in [-0.2, 0) is 13.1 Å². The zero-order chi connectivity index (χ0) is 20.1. The molecule has 31 heavy (non-hydrogen) atoms. The van der Waals surface area contributed by atoms with Crippen LogP contribution in [0.1, 0.15) is 47.3 Å². The summed E-state index contributed by atoms with van der Waals surface area (Å²) < 4.78 is 1.82. The number of nitrogens with one attached hydrogen (secondary N) is 1. The second-order valence-electron chi connectivity index (χ2n) is 8.36. The van der Waals surface area contributed by atoms with Crippen LogP contribution in [0, 0.1) is 6.92 Å². The molecular weight excluding hydrogens is 435 g/mol. The topological polar surface area (TPSA) is 66.3 Å². The lowest BCUT2D eigenvalue weighted by Crippen LogP contribution is -2.48. The van der Waals surface area contributed by atoms with E-state index in [0.717, 1.165) is 52.2 Å². The van der Waals surface area contributed by atoms with Gasteiger partial charge in [-0.05, 0) is 38.3 Å². The summed E-state index contributed by atoms with van der Waals surface area (Å²) in [6.45, 7) is 8.24. The van der Waals surface area contributed by atoms with E-state index in [9.17, 15) is 4.79 Å². The number of hydrogen-bond donors (Lipinski definition) is 1. The molecule has 1 atom stereocenters. The minimum absolute atomic E-state index is 0. The molecule has 4 rings (SSSR count). The molecule has 2 aliphatic heterocycles. The highest BCUT2D eigenvalue weighted by Gasteiger charge is 2.24. The van der Waals surface area contributed by atoms with Crippen molar-refractivity contribution in [1.82, 2.24) is 30.1 Å². The lowest BCUT2D eigenvalue weighted by Gasteiger charge is -2.34. The van der Waals surface area contributed by atoms with E-state index >= 15 is 0 Å². The van der Waals surface area contributed by atoms with Gasteiger partial charge in [-0.15, -0.1) is 29.9 Å². The van der Waals surface area contributed by atoms with Gasteiger partial charge in [-0.2, -0.15) is 0 Å². The average molecular weight is 469 g/mol. The first kappa shape index (κ1) is 25.6. The maximum absolute atomic E-state index is 12.8. The van der Waals surface area contributed by atoms with Gasteiger partial charge in [0.15, 0.2) is 5.69 Å². The van der Waals surface area contributed by atoms with Crippen molar-refractivity contribution in [3.63, 3.8) is 0 Å². The summed E-state index contributed by atoms with van der Waals surface area (Å²) in [6.07, 6.45) is 6.65. The van der Waals surface area contributed by atoms with Crippen molar-refractivity contribution in [3.05, 3.63) is 47.3 Å². The Labute approximate surface area is 197 Å². The molecule has 0 bridgehead atoms. The summed E-state index contributed by atoms with van der Waals surface area (Å²) in [4.78, 5) is 17.1. The van der Waals surface area contributed by atoms with Gasteiger partial charge < -0.3 is 10.2 Å². The van der Waals surface area contributed by atoms with Crippen LogP contribution >= 0.6 is 24.8 Å². The van der Waals surface area contributed by atoms with Crippen molar-refractivity contribution < 1.29 is 4.79 Å². The van der Waals surface area contributed by atoms with Crippen LogP contribution in [0.5, 0.6) is 0 Å². The molecule has 0 aliphatic carbocycles. The first-order valence-electron chi connectivity index (χ1n) is 10.9. The number of halogens is 2. The van der Waals surface area contributed by atoms with Crippen LogP contribution in [0.4, 0.5) is 0 Å². The van der Waals surface area contributed by atoms with Crippen molar-refractivity contribution in [2.75, 3.05) is 32.7 Å². The highest BCUT2D eigenvalue weighted by Crippen LogP contribution is 2.13. The summed E-state index contributed by atoms with van der Waals surface area (Å²) in [5.74, 6) is 0.00208. The summed E-state index contributed by atoms with van der Waals surface area (Å²) >= 11 is 0. The molecule has 1 N–H and O–H groups in total. The standard InChI is InChI=1S/C22H32N6O.2ClH/c1-18-5-4-6-19(15-18)16-26-11-13-27(14-12-26)22(29)21-17-28(25-24-21)10-8-20-7-2-3-9-23-20;;/h4-6,15,17,20,23H,2-3,7-14,16H2,1H3;2*1H. The lowest BCUT2D eigenvalue weighted by molar-refractivity contribution is 0.0622. The molecule has 0 saturated carbocycles. The Morgan fingerprint density at radius 1 is 1.16 bits per heavy atom. The fourth-order valence-electron chi connectivity index (χ4n) is 4.30. The van der Waals surface area contributed by atoms with Crippen LogP contribution in [0.25, 0.3) is 0 Å². The third-order valence-corrected chi connectivity index (χ3v) is 6.02. The summed E-state index contributed by atoms with van der Waals surface area (Å²) in [5.41, 5.74) is 3.09. The molecule has 2 aromatic rings. The monoisotopic (exact) mass is 468 g/mol. The van der Waals surface area contributed by atoms with Gasteiger partial charge in [0, 0.05) is 45.3 Å². The molecule has 1 unspecified atom stereocenters. The summed E-state index contributed by atoms with van der Waals surface area (Å²) in [7, 11) is 0. The minimum Gasteiger partial charge on any atom is -0.335 e. The van der Waals surface area contributed by atoms with Gasteiger partial charge in [0.05, 0.1) is 6.20 Å². The van der Waals surface area contributed by atoms with E-state index in [1.54, 1.807) is 0 Å². The van der Waals surface area contributed by atoms with E-state index in [-0.39, 0.29) is 30.7 Å². The summed E-state index contributed by atoms with van der Waals surface area (Å²) in [6, 6.07) is 9.20. The molecule has 9 heteroatoms. The van der Waals surface area contributed by atoms with Crippen LogP contribution in [0.3, 0.4) is 0 Å². The molecule has 172 valence electrons. The number of carbonyl (C=O) groups is 1. The number of carbonyl (C=O) groups excluding carboxylic acids is 1. The Morgan fingerprint density at radius 2 is 1.97 bits per heavy atom. The van der Waals surface area contributed by atoms with E-state index in [4.69, 9.17) is 0 Å². The lowest BCUT2D eigenvalue weighted by atomic mass is 10.0. The highest BCUT2D eigenvalue weighted by atomic mass is 35.5. The Morgan fingerprint density at radius 3 is 2.68 bits per heavy atom. The molecule has 2 fully saturated rings. The van der Waals surface area contributed by atoms with Gasteiger partial charge in [-0.1, -0.05) is 41.5 Å². The number of aryl methyl sites for hydroxylation is 2. The number of aromatic nitrogens is 3. The molecule has 1 aromatic heterocycles. The fourth-order valence-corrected chi connectivity index (χ4v) is 4.30. The number of nitrogens with zero attached hydrogens (tertiary/aromatic N) is 5. The molecule has 0 spiro atoms.